The van der Waals surface area contributed by atoms with Gasteiger partial charge >= 0.3 is 5.97 Å². The number of hydrogen-bond acceptors (Lipinski definition) is 3. The molecule has 3 rings (SSSR count). The summed E-state index contributed by atoms with van der Waals surface area (Å²) in [5, 5.41) is 12.1. The lowest BCUT2D eigenvalue weighted by Gasteiger charge is -2.03. The molecule has 1 aromatic carbocycles. The van der Waals surface area contributed by atoms with Crippen molar-refractivity contribution in [1.82, 2.24) is 4.98 Å². The SMILES string of the molecule is CCOc1ccc2[nH]c(-c3cccs3)c(CC(=O)O)c2c1. The molecule has 0 radical (unpaired) electrons. The number of thiophene rings is 1. The number of H-pyrrole nitrogens is 1. The number of rotatable bonds is 5. The van der Waals surface area contributed by atoms with Crippen LogP contribution in [0.2, 0.25) is 0 Å². The third-order valence-electron chi connectivity index (χ3n) is 3.28. The number of carbonyl (C=O) groups is 1. The van der Waals surface area contributed by atoms with E-state index in [0.29, 0.717) is 6.61 Å². The molecule has 0 aliphatic rings. The fraction of sp³-hybridized carbons (Fsp3) is 0.188. The van der Waals surface area contributed by atoms with E-state index in [9.17, 15) is 9.90 Å². The maximum atomic E-state index is 11.2. The Bertz CT molecular complexity index is 774. The minimum Gasteiger partial charge on any atom is -0.494 e. The van der Waals surface area contributed by atoms with E-state index in [1.165, 1.54) is 0 Å². The van der Waals surface area contributed by atoms with Gasteiger partial charge in [-0.05, 0) is 42.1 Å². The second-order valence-electron chi connectivity index (χ2n) is 4.67. The number of carboxylic acids is 1. The highest BCUT2D eigenvalue weighted by Crippen LogP contribution is 2.35. The summed E-state index contributed by atoms with van der Waals surface area (Å²) in [7, 11) is 0. The number of hydrogen-bond donors (Lipinski definition) is 2. The summed E-state index contributed by atoms with van der Waals surface area (Å²) in [4.78, 5) is 15.6. The van der Waals surface area contributed by atoms with Crippen LogP contribution in [0, 0.1) is 0 Å². The van der Waals surface area contributed by atoms with Crippen LogP contribution in [0.4, 0.5) is 0 Å². The first-order valence-electron chi connectivity index (χ1n) is 6.72. The molecule has 3 aromatic rings. The topological polar surface area (TPSA) is 62.3 Å². The number of aromatic nitrogens is 1. The maximum absolute atomic E-state index is 11.2. The van der Waals surface area contributed by atoms with Gasteiger partial charge in [0.15, 0.2) is 0 Å². The first-order chi connectivity index (χ1) is 10.2. The van der Waals surface area contributed by atoms with Crippen LogP contribution in [0.3, 0.4) is 0 Å². The number of ether oxygens (including phenoxy) is 1. The van der Waals surface area contributed by atoms with Gasteiger partial charge in [-0.25, -0.2) is 0 Å². The summed E-state index contributed by atoms with van der Waals surface area (Å²) >= 11 is 1.59. The van der Waals surface area contributed by atoms with Crippen molar-refractivity contribution in [3.05, 3.63) is 41.3 Å². The monoisotopic (exact) mass is 301 g/mol. The van der Waals surface area contributed by atoms with Gasteiger partial charge in [-0.2, -0.15) is 0 Å². The van der Waals surface area contributed by atoms with Crippen molar-refractivity contribution in [1.29, 1.82) is 0 Å². The summed E-state index contributed by atoms with van der Waals surface area (Å²) in [6.45, 7) is 2.51. The lowest BCUT2D eigenvalue weighted by molar-refractivity contribution is -0.136. The van der Waals surface area contributed by atoms with Crippen molar-refractivity contribution in [3.63, 3.8) is 0 Å². The first-order valence-corrected chi connectivity index (χ1v) is 7.60. The molecular formula is C16H15NO3S. The zero-order chi connectivity index (χ0) is 14.8. The highest BCUT2D eigenvalue weighted by molar-refractivity contribution is 7.13. The summed E-state index contributed by atoms with van der Waals surface area (Å²) in [5.74, 6) is -0.0797. The van der Waals surface area contributed by atoms with E-state index in [1.807, 2.05) is 42.6 Å². The van der Waals surface area contributed by atoms with Crippen LogP contribution in [0.15, 0.2) is 35.7 Å². The molecule has 0 amide bonds. The van der Waals surface area contributed by atoms with Crippen molar-refractivity contribution in [2.24, 2.45) is 0 Å². The van der Waals surface area contributed by atoms with Gasteiger partial charge in [0.25, 0.3) is 0 Å². The Morgan fingerprint density at radius 3 is 2.90 bits per heavy atom. The molecule has 2 heterocycles. The van der Waals surface area contributed by atoms with E-state index in [2.05, 4.69) is 4.98 Å². The van der Waals surface area contributed by atoms with Gasteiger partial charge in [-0.1, -0.05) is 6.07 Å². The summed E-state index contributed by atoms with van der Waals surface area (Å²) in [6.07, 6.45) is -0.0111. The van der Waals surface area contributed by atoms with Crippen molar-refractivity contribution in [2.45, 2.75) is 13.3 Å². The van der Waals surface area contributed by atoms with E-state index in [4.69, 9.17) is 4.74 Å². The van der Waals surface area contributed by atoms with Gasteiger partial charge < -0.3 is 14.8 Å². The fourth-order valence-electron chi connectivity index (χ4n) is 2.45. The number of nitrogens with one attached hydrogen (secondary N) is 1. The fourth-order valence-corrected chi connectivity index (χ4v) is 3.20. The second kappa shape index (κ2) is 5.61. The summed E-state index contributed by atoms with van der Waals surface area (Å²) in [6, 6.07) is 9.68. The lowest BCUT2D eigenvalue weighted by atomic mass is 10.1. The zero-order valence-corrected chi connectivity index (χ0v) is 12.4. The van der Waals surface area contributed by atoms with Crippen LogP contribution < -0.4 is 4.74 Å². The van der Waals surface area contributed by atoms with Gasteiger partial charge in [0.1, 0.15) is 5.75 Å². The zero-order valence-electron chi connectivity index (χ0n) is 11.6. The molecule has 0 spiro atoms. The third-order valence-corrected chi connectivity index (χ3v) is 4.17. The van der Waals surface area contributed by atoms with Crippen LogP contribution >= 0.6 is 11.3 Å². The Morgan fingerprint density at radius 2 is 2.24 bits per heavy atom. The van der Waals surface area contributed by atoms with E-state index >= 15 is 0 Å². The molecule has 108 valence electrons. The average Bonchev–Trinajstić information content (AvgIpc) is 3.07. The molecule has 0 unspecified atom stereocenters. The largest absolute Gasteiger partial charge is 0.494 e. The minimum absolute atomic E-state index is 0.0111. The molecule has 0 aliphatic heterocycles. The standard InChI is InChI=1S/C16H15NO3S/c1-2-20-10-5-6-13-11(8-10)12(9-15(18)19)16(17-13)14-4-3-7-21-14/h3-8,17H,2,9H2,1H3,(H,18,19). The molecular weight excluding hydrogens is 286 g/mol. The van der Waals surface area contributed by atoms with E-state index in [-0.39, 0.29) is 6.42 Å². The summed E-state index contributed by atoms with van der Waals surface area (Å²) < 4.78 is 5.52. The normalized spacial score (nSPS) is 10.9. The van der Waals surface area contributed by atoms with E-state index in [1.54, 1.807) is 11.3 Å². The number of benzene rings is 1. The Kier molecular flexibility index (Phi) is 3.66. The predicted octanol–water partition coefficient (Wildman–Crippen LogP) is 3.92. The van der Waals surface area contributed by atoms with Gasteiger partial charge in [0.2, 0.25) is 0 Å². The molecule has 2 N–H and O–H groups in total. The molecule has 2 aromatic heterocycles. The van der Waals surface area contributed by atoms with Crippen LogP contribution in [-0.4, -0.2) is 22.7 Å². The van der Waals surface area contributed by atoms with Crippen LogP contribution in [0.25, 0.3) is 21.5 Å². The minimum atomic E-state index is -0.837. The quantitative estimate of drug-likeness (QED) is 0.750. The van der Waals surface area contributed by atoms with Crippen molar-refractivity contribution in [2.75, 3.05) is 6.61 Å². The molecule has 0 fully saturated rings. The molecule has 0 saturated carbocycles. The lowest BCUT2D eigenvalue weighted by Crippen LogP contribution is -2.00. The highest BCUT2D eigenvalue weighted by atomic mass is 32.1. The summed E-state index contributed by atoms with van der Waals surface area (Å²) in [5.41, 5.74) is 2.62. The molecule has 0 bridgehead atoms. The van der Waals surface area contributed by atoms with Crippen LogP contribution in [0.5, 0.6) is 5.75 Å². The van der Waals surface area contributed by atoms with Crippen molar-refractivity contribution < 1.29 is 14.6 Å². The average molecular weight is 301 g/mol. The smallest absolute Gasteiger partial charge is 0.307 e. The first kappa shape index (κ1) is 13.7. The second-order valence-corrected chi connectivity index (χ2v) is 5.61. The van der Waals surface area contributed by atoms with E-state index in [0.717, 1.165) is 32.8 Å². The van der Waals surface area contributed by atoms with Gasteiger partial charge in [0.05, 0.1) is 23.6 Å². The Balaban J connectivity index is 2.20. The Labute approximate surface area is 126 Å². The third kappa shape index (κ3) is 2.64. The van der Waals surface area contributed by atoms with Gasteiger partial charge in [0, 0.05) is 10.9 Å². The predicted molar refractivity (Wildman–Crippen MR) is 84.1 cm³/mol. The Hall–Kier alpha value is -2.27. The molecule has 0 saturated heterocycles. The molecule has 5 heteroatoms. The van der Waals surface area contributed by atoms with E-state index < -0.39 is 5.97 Å². The van der Waals surface area contributed by atoms with Crippen molar-refractivity contribution in [3.8, 4) is 16.3 Å². The van der Waals surface area contributed by atoms with Gasteiger partial charge in [-0.15, -0.1) is 11.3 Å². The molecule has 4 nitrogen and oxygen atoms in total. The number of fused-ring (bicyclic) bond motifs is 1. The number of aliphatic carboxylic acids is 1. The Morgan fingerprint density at radius 1 is 1.38 bits per heavy atom. The maximum Gasteiger partial charge on any atom is 0.307 e. The molecule has 21 heavy (non-hydrogen) atoms. The number of carboxylic acid groups (broad SMARTS) is 1. The van der Waals surface area contributed by atoms with Crippen LogP contribution in [0.1, 0.15) is 12.5 Å². The highest BCUT2D eigenvalue weighted by Gasteiger charge is 2.17. The number of aromatic amines is 1. The molecule has 0 aliphatic carbocycles. The van der Waals surface area contributed by atoms with Crippen LogP contribution in [-0.2, 0) is 11.2 Å². The molecule has 0 atom stereocenters. The van der Waals surface area contributed by atoms with Gasteiger partial charge in [-0.3, -0.25) is 4.79 Å². The van der Waals surface area contributed by atoms with Crippen molar-refractivity contribution >= 4 is 28.2 Å².